The molecular formula is C22H34N4O. The van der Waals surface area contributed by atoms with Gasteiger partial charge in [-0.05, 0) is 62.6 Å². The minimum atomic E-state index is 0.791. The first-order valence-electron chi connectivity index (χ1n) is 10.3. The molecule has 0 saturated carbocycles. The number of benzene rings is 1. The third kappa shape index (κ3) is 5.48. The molecule has 1 aliphatic rings. The van der Waals surface area contributed by atoms with Gasteiger partial charge in [0, 0.05) is 57.0 Å². The SMILES string of the molecule is CCNC(=NCCc1c[nH]c2cc(C)ccc12)N(C)CCC1CCOCC1. The van der Waals surface area contributed by atoms with E-state index in [-0.39, 0.29) is 0 Å². The molecule has 2 heterocycles. The van der Waals surface area contributed by atoms with Crippen LogP contribution in [-0.4, -0.2) is 55.7 Å². The van der Waals surface area contributed by atoms with Gasteiger partial charge in [-0.25, -0.2) is 0 Å². The highest BCUT2D eigenvalue weighted by Gasteiger charge is 2.15. The third-order valence-electron chi connectivity index (χ3n) is 5.48. The standard InChI is InChI=1S/C22H34N4O/c1-4-23-22(26(3)12-8-18-9-13-27-14-10-18)24-11-7-19-16-25-21-15-17(2)5-6-20(19)21/h5-6,15-16,18,25H,4,7-14H2,1-3H3,(H,23,24). The van der Waals surface area contributed by atoms with Gasteiger partial charge in [0.05, 0.1) is 0 Å². The highest BCUT2D eigenvalue weighted by molar-refractivity contribution is 5.84. The monoisotopic (exact) mass is 370 g/mol. The lowest BCUT2D eigenvalue weighted by molar-refractivity contribution is 0.0625. The minimum absolute atomic E-state index is 0.791. The summed E-state index contributed by atoms with van der Waals surface area (Å²) < 4.78 is 5.47. The molecule has 0 bridgehead atoms. The molecule has 27 heavy (non-hydrogen) atoms. The van der Waals surface area contributed by atoms with Gasteiger partial charge in [0.1, 0.15) is 0 Å². The largest absolute Gasteiger partial charge is 0.381 e. The van der Waals surface area contributed by atoms with Gasteiger partial charge >= 0.3 is 0 Å². The number of ether oxygens (including phenoxy) is 1. The number of hydrogen-bond donors (Lipinski definition) is 2. The van der Waals surface area contributed by atoms with E-state index in [1.807, 2.05) is 0 Å². The van der Waals surface area contributed by atoms with Crippen LogP contribution >= 0.6 is 0 Å². The fraction of sp³-hybridized carbons (Fsp3) is 0.591. The van der Waals surface area contributed by atoms with Crippen molar-refractivity contribution in [3.63, 3.8) is 0 Å². The first-order chi connectivity index (χ1) is 13.2. The Hall–Kier alpha value is -2.01. The second-order valence-electron chi connectivity index (χ2n) is 7.61. The summed E-state index contributed by atoms with van der Waals surface area (Å²) in [5, 5.41) is 4.75. The summed E-state index contributed by atoms with van der Waals surface area (Å²) in [5.74, 6) is 1.80. The summed E-state index contributed by atoms with van der Waals surface area (Å²) in [5.41, 5.74) is 3.85. The second-order valence-corrected chi connectivity index (χ2v) is 7.61. The van der Waals surface area contributed by atoms with Crippen molar-refractivity contribution in [3.8, 4) is 0 Å². The molecule has 0 spiro atoms. The summed E-state index contributed by atoms with van der Waals surface area (Å²) in [4.78, 5) is 10.5. The van der Waals surface area contributed by atoms with Gasteiger partial charge < -0.3 is 19.9 Å². The van der Waals surface area contributed by atoms with Crippen molar-refractivity contribution in [2.24, 2.45) is 10.9 Å². The second kappa shape index (κ2) is 9.79. The Balaban J connectivity index is 1.55. The fourth-order valence-electron chi connectivity index (χ4n) is 3.78. The topological polar surface area (TPSA) is 52.7 Å². The number of guanidine groups is 1. The third-order valence-corrected chi connectivity index (χ3v) is 5.48. The highest BCUT2D eigenvalue weighted by Crippen LogP contribution is 2.20. The van der Waals surface area contributed by atoms with E-state index < -0.39 is 0 Å². The lowest BCUT2D eigenvalue weighted by Crippen LogP contribution is -2.40. The van der Waals surface area contributed by atoms with Crippen LogP contribution < -0.4 is 5.32 Å². The van der Waals surface area contributed by atoms with Crippen LogP contribution in [0.4, 0.5) is 0 Å². The maximum absolute atomic E-state index is 5.47. The fourth-order valence-corrected chi connectivity index (χ4v) is 3.78. The zero-order valence-corrected chi connectivity index (χ0v) is 17.1. The molecule has 0 amide bonds. The molecule has 2 aromatic rings. The van der Waals surface area contributed by atoms with Crippen LogP contribution in [0.1, 0.15) is 37.3 Å². The van der Waals surface area contributed by atoms with Crippen molar-refractivity contribution < 1.29 is 4.74 Å². The molecule has 1 aliphatic heterocycles. The van der Waals surface area contributed by atoms with Gasteiger partial charge in [-0.1, -0.05) is 12.1 Å². The molecule has 148 valence electrons. The molecule has 2 N–H and O–H groups in total. The van der Waals surface area contributed by atoms with Crippen molar-refractivity contribution >= 4 is 16.9 Å². The van der Waals surface area contributed by atoms with E-state index in [0.717, 1.165) is 51.1 Å². The molecule has 5 heteroatoms. The van der Waals surface area contributed by atoms with Gasteiger partial charge in [-0.2, -0.15) is 0 Å². The van der Waals surface area contributed by atoms with E-state index in [1.165, 1.54) is 41.3 Å². The number of nitrogens with one attached hydrogen (secondary N) is 2. The quantitative estimate of drug-likeness (QED) is 0.577. The average Bonchev–Trinajstić information content (AvgIpc) is 3.08. The molecular weight excluding hydrogens is 336 g/mol. The normalized spacial score (nSPS) is 16.0. The van der Waals surface area contributed by atoms with E-state index in [9.17, 15) is 0 Å². The van der Waals surface area contributed by atoms with Gasteiger partial charge in [-0.3, -0.25) is 4.99 Å². The Morgan fingerprint density at radius 1 is 1.33 bits per heavy atom. The first kappa shape index (κ1) is 19.7. The molecule has 0 atom stereocenters. The Morgan fingerprint density at radius 3 is 2.93 bits per heavy atom. The minimum Gasteiger partial charge on any atom is -0.381 e. The predicted octanol–water partition coefficient (Wildman–Crippen LogP) is 3.73. The van der Waals surface area contributed by atoms with Crippen LogP contribution in [0.3, 0.4) is 0 Å². The number of aliphatic imine (C=N–C) groups is 1. The van der Waals surface area contributed by atoms with E-state index in [2.05, 4.69) is 60.5 Å². The van der Waals surface area contributed by atoms with Gasteiger partial charge in [0.2, 0.25) is 0 Å². The summed E-state index contributed by atoms with van der Waals surface area (Å²) in [7, 11) is 2.15. The number of aromatic amines is 1. The van der Waals surface area contributed by atoms with Gasteiger partial charge in [0.15, 0.2) is 5.96 Å². The summed E-state index contributed by atoms with van der Waals surface area (Å²) in [6.45, 7) is 8.84. The van der Waals surface area contributed by atoms with Crippen molar-refractivity contribution in [1.82, 2.24) is 15.2 Å². The number of aromatic nitrogens is 1. The van der Waals surface area contributed by atoms with Crippen molar-refractivity contribution in [2.45, 2.75) is 39.5 Å². The van der Waals surface area contributed by atoms with Crippen LogP contribution in [-0.2, 0) is 11.2 Å². The number of H-pyrrole nitrogens is 1. The number of aryl methyl sites for hydroxylation is 1. The predicted molar refractivity (Wildman–Crippen MR) is 114 cm³/mol. The van der Waals surface area contributed by atoms with Crippen LogP contribution in [0.15, 0.2) is 29.4 Å². The number of fused-ring (bicyclic) bond motifs is 1. The highest BCUT2D eigenvalue weighted by atomic mass is 16.5. The summed E-state index contributed by atoms with van der Waals surface area (Å²) >= 11 is 0. The molecule has 1 aromatic heterocycles. The molecule has 0 aliphatic carbocycles. The number of nitrogens with zero attached hydrogens (tertiary/aromatic N) is 2. The Kier molecular flexibility index (Phi) is 7.16. The van der Waals surface area contributed by atoms with Crippen LogP contribution in [0.2, 0.25) is 0 Å². The Morgan fingerprint density at radius 2 is 2.15 bits per heavy atom. The van der Waals surface area contributed by atoms with E-state index in [0.29, 0.717) is 0 Å². The molecule has 1 saturated heterocycles. The van der Waals surface area contributed by atoms with E-state index >= 15 is 0 Å². The molecule has 1 aromatic carbocycles. The van der Waals surface area contributed by atoms with E-state index in [1.54, 1.807) is 0 Å². The van der Waals surface area contributed by atoms with Crippen molar-refractivity contribution in [2.75, 3.05) is 39.9 Å². The lowest BCUT2D eigenvalue weighted by atomic mass is 9.96. The number of hydrogen-bond acceptors (Lipinski definition) is 2. The summed E-state index contributed by atoms with van der Waals surface area (Å²) in [6.07, 6.45) is 6.68. The van der Waals surface area contributed by atoms with Crippen LogP contribution in [0.5, 0.6) is 0 Å². The zero-order valence-electron chi connectivity index (χ0n) is 17.1. The van der Waals surface area contributed by atoms with Crippen molar-refractivity contribution in [1.29, 1.82) is 0 Å². The van der Waals surface area contributed by atoms with E-state index in [4.69, 9.17) is 9.73 Å². The Labute approximate surface area is 163 Å². The lowest BCUT2D eigenvalue weighted by Gasteiger charge is -2.26. The first-order valence-corrected chi connectivity index (χ1v) is 10.3. The maximum Gasteiger partial charge on any atom is 0.193 e. The zero-order chi connectivity index (χ0) is 19.1. The van der Waals surface area contributed by atoms with Crippen LogP contribution in [0.25, 0.3) is 10.9 Å². The molecule has 0 unspecified atom stereocenters. The summed E-state index contributed by atoms with van der Waals surface area (Å²) in [6, 6.07) is 6.60. The Bertz CT molecular complexity index is 746. The molecule has 1 fully saturated rings. The maximum atomic E-state index is 5.47. The molecule has 3 rings (SSSR count). The van der Waals surface area contributed by atoms with Crippen LogP contribution in [0, 0.1) is 12.8 Å². The number of rotatable bonds is 7. The smallest absolute Gasteiger partial charge is 0.193 e. The van der Waals surface area contributed by atoms with Crippen molar-refractivity contribution in [3.05, 3.63) is 35.5 Å². The molecule has 0 radical (unpaired) electrons. The van der Waals surface area contributed by atoms with Gasteiger partial charge in [0.25, 0.3) is 0 Å². The molecule has 5 nitrogen and oxygen atoms in total. The van der Waals surface area contributed by atoms with Gasteiger partial charge in [-0.15, -0.1) is 0 Å². The average molecular weight is 371 g/mol.